The van der Waals surface area contributed by atoms with Crippen LogP contribution >= 0.6 is 11.6 Å². The number of rotatable bonds is 4. The van der Waals surface area contributed by atoms with E-state index in [-0.39, 0.29) is 5.91 Å². The molecule has 0 aliphatic carbocycles. The number of hydrogen-bond donors (Lipinski definition) is 1. The van der Waals surface area contributed by atoms with Gasteiger partial charge in [0.2, 0.25) is 0 Å². The Labute approximate surface area is 147 Å². The van der Waals surface area contributed by atoms with Crippen molar-refractivity contribution in [3.05, 3.63) is 46.9 Å². The molecule has 2 aromatic heterocycles. The van der Waals surface area contributed by atoms with Gasteiger partial charge in [0, 0.05) is 39.1 Å². The van der Waals surface area contributed by atoms with Gasteiger partial charge in [0.1, 0.15) is 11.5 Å². The van der Waals surface area contributed by atoms with E-state index in [1.54, 1.807) is 16.8 Å². The zero-order chi connectivity index (χ0) is 16.9. The first kappa shape index (κ1) is 16.8. The largest absolute Gasteiger partial charge is 0.357 e. The average molecular weight is 347 g/mol. The molecule has 128 valence electrons. The number of carbonyl (C=O) groups is 1. The number of halogens is 1. The van der Waals surface area contributed by atoms with Gasteiger partial charge in [0.15, 0.2) is 0 Å². The Morgan fingerprint density at radius 2 is 2.00 bits per heavy atom. The summed E-state index contributed by atoms with van der Waals surface area (Å²) in [6.45, 7) is 2.60. The van der Waals surface area contributed by atoms with Crippen LogP contribution in [0.3, 0.4) is 0 Å². The smallest absolute Gasteiger partial charge is 0.268 e. The summed E-state index contributed by atoms with van der Waals surface area (Å²) in [6.07, 6.45) is 8.58. The molecule has 1 saturated heterocycles. The number of amides is 1. The van der Waals surface area contributed by atoms with Gasteiger partial charge in [0.05, 0.1) is 5.02 Å². The molecule has 3 rings (SSSR count). The lowest BCUT2D eigenvalue weighted by atomic mass is 10.2. The minimum atomic E-state index is -0.127. The number of nitrogens with zero attached hydrogens (tertiary/aromatic N) is 3. The van der Waals surface area contributed by atoms with Gasteiger partial charge in [-0.1, -0.05) is 24.4 Å². The van der Waals surface area contributed by atoms with E-state index in [9.17, 15) is 4.79 Å². The fourth-order valence-corrected chi connectivity index (χ4v) is 3.32. The third-order valence-corrected chi connectivity index (χ3v) is 4.60. The van der Waals surface area contributed by atoms with Crippen molar-refractivity contribution < 1.29 is 4.79 Å². The van der Waals surface area contributed by atoms with Gasteiger partial charge in [-0.3, -0.25) is 4.79 Å². The summed E-state index contributed by atoms with van der Waals surface area (Å²) in [5.74, 6) is 0.878. The Morgan fingerprint density at radius 3 is 2.67 bits per heavy atom. The Morgan fingerprint density at radius 1 is 1.25 bits per heavy atom. The molecule has 3 heterocycles. The summed E-state index contributed by atoms with van der Waals surface area (Å²) in [5, 5.41) is 3.51. The highest BCUT2D eigenvalue weighted by Gasteiger charge is 2.13. The van der Waals surface area contributed by atoms with Gasteiger partial charge in [-0.2, -0.15) is 0 Å². The maximum absolute atomic E-state index is 12.3. The average Bonchev–Trinajstić information content (AvgIpc) is 2.79. The molecule has 6 heteroatoms. The van der Waals surface area contributed by atoms with Gasteiger partial charge in [0.25, 0.3) is 5.91 Å². The number of anilines is 1. The number of carbonyl (C=O) groups excluding carboxylic acids is 1. The summed E-state index contributed by atoms with van der Waals surface area (Å²) >= 11 is 5.93. The Balaban J connectivity index is 1.64. The molecule has 0 saturated carbocycles. The summed E-state index contributed by atoms with van der Waals surface area (Å²) in [4.78, 5) is 19.1. The van der Waals surface area contributed by atoms with Crippen molar-refractivity contribution in [2.24, 2.45) is 7.05 Å². The van der Waals surface area contributed by atoms with E-state index in [0.717, 1.165) is 24.5 Å². The van der Waals surface area contributed by atoms with E-state index in [4.69, 9.17) is 11.6 Å². The fourth-order valence-electron chi connectivity index (χ4n) is 3.07. The summed E-state index contributed by atoms with van der Waals surface area (Å²) in [5.41, 5.74) is 1.61. The first-order chi connectivity index (χ1) is 11.6. The first-order valence-electron chi connectivity index (χ1n) is 8.43. The van der Waals surface area contributed by atoms with E-state index >= 15 is 0 Å². The number of aryl methyl sites for hydroxylation is 1. The topological polar surface area (TPSA) is 50.2 Å². The molecule has 0 spiro atoms. The molecule has 0 bridgehead atoms. The molecule has 1 amide bonds. The molecule has 0 unspecified atom stereocenters. The molecule has 1 aliphatic rings. The fraction of sp³-hybridized carbons (Fsp3) is 0.444. The molecule has 0 aromatic carbocycles. The first-order valence-corrected chi connectivity index (χ1v) is 8.81. The van der Waals surface area contributed by atoms with Gasteiger partial charge in [-0.25, -0.2) is 4.98 Å². The second kappa shape index (κ2) is 7.71. The van der Waals surface area contributed by atoms with Crippen molar-refractivity contribution >= 4 is 23.3 Å². The van der Waals surface area contributed by atoms with Crippen LogP contribution in [0.5, 0.6) is 0 Å². The quantitative estimate of drug-likeness (QED) is 0.923. The molecule has 1 fully saturated rings. The highest BCUT2D eigenvalue weighted by atomic mass is 35.5. The maximum Gasteiger partial charge on any atom is 0.268 e. The molecule has 2 aromatic rings. The highest BCUT2D eigenvalue weighted by Crippen LogP contribution is 2.18. The van der Waals surface area contributed by atoms with Crippen molar-refractivity contribution in [2.75, 3.05) is 18.0 Å². The van der Waals surface area contributed by atoms with Gasteiger partial charge in [-0.15, -0.1) is 0 Å². The van der Waals surface area contributed by atoms with Crippen LogP contribution in [-0.2, 0) is 13.6 Å². The van der Waals surface area contributed by atoms with Crippen LogP contribution in [0.1, 0.15) is 41.7 Å². The van der Waals surface area contributed by atoms with Gasteiger partial charge >= 0.3 is 0 Å². The van der Waals surface area contributed by atoms with Crippen LogP contribution in [0.2, 0.25) is 5.02 Å². The number of aromatic nitrogens is 2. The minimum absolute atomic E-state index is 0.127. The van der Waals surface area contributed by atoms with Crippen LogP contribution < -0.4 is 10.2 Å². The number of nitrogens with one attached hydrogen (secondary N) is 1. The lowest BCUT2D eigenvalue weighted by Gasteiger charge is -2.21. The predicted molar refractivity (Wildman–Crippen MR) is 96.5 cm³/mol. The lowest BCUT2D eigenvalue weighted by molar-refractivity contribution is 0.0943. The molecule has 1 aliphatic heterocycles. The van der Waals surface area contributed by atoms with E-state index in [2.05, 4.69) is 21.3 Å². The van der Waals surface area contributed by atoms with Crippen LogP contribution in [0.4, 0.5) is 5.82 Å². The summed E-state index contributed by atoms with van der Waals surface area (Å²) in [7, 11) is 1.81. The molecular formula is C18H23ClN4O. The van der Waals surface area contributed by atoms with Crippen LogP contribution in [0.15, 0.2) is 30.6 Å². The monoisotopic (exact) mass is 346 g/mol. The second-order valence-electron chi connectivity index (χ2n) is 6.26. The third-order valence-electron chi connectivity index (χ3n) is 4.40. The van der Waals surface area contributed by atoms with E-state index < -0.39 is 0 Å². The Kier molecular flexibility index (Phi) is 5.41. The molecule has 0 radical (unpaired) electrons. The van der Waals surface area contributed by atoms with E-state index in [1.807, 2.05) is 19.3 Å². The van der Waals surface area contributed by atoms with Crippen molar-refractivity contribution in [3.63, 3.8) is 0 Å². The van der Waals surface area contributed by atoms with Gasteiger partial charge in [-0.05, 0) is 36.6 Å². The maximum atomic E-state index is 12.3. The predicted octanol–water partition coefficient (Wildman–Crippen LogP) is 3.38. The van der Waals surface area contributed by atoms with Crippen molar-refractivity contribution in [2.45, 2.75) is 32.2 Å². The van der Waals surface area contributed by atoms with Crippen LogP contribution in [0.25, 0.3) is 0 Å². The molecule has 1 N–H and O–H groups in total. The second-order valence-corrected chi connectivity index (χ2v) is 6.70. The van der Waals surface area contributed by atoms with Crippen molar-refractivity contribution in [1.29, 1.82) is 0 Å². The molecule has 0 atom stereocenters. The zero-order valence-electron chi connectivity index (χ0n) is 14.0. The third kappa shape index (κ3) is 4.09. The van der Waals surface area contributed by atoms with Crippen LogP contribution in [-0.4, -0.2) is 28.5 Å². The van der Waals surface area contributed by atoms with Gasteiger partial charge < -0.3 is 14.8 Å². The minimum Gasteiger partial charge on any atom is -0.357 e. The normalized spacial score (nSPS) is 15.2. The molecule has 24 heavy (non-hydrogen) atoms. The van der Waals surface area contributed by atoms with Crippen LogP contribution in [0, 0.1) is 0 Å². The van der Waals surface area contributed by atoms with E-state index in [0.29, 0.717) is 17.3 Å². The summed E-state index contributed by atoms with van der Waals surface area (Å²) < 4.78 is 1.73. The van der Waals surface area contributed by atoms with E-state index in [1.165, 1.54) is 25.7 Å². The SMILES string of the molecule is Cn1cc(Cl)cc1C(=O)NCc1ccnc(N2CCCCCC2)c1. The zero-order valence-corrected chi connectivity index (χ0v) is 14.7. The lowest BCUT2D eigenvalue weighted by Crippen LogP contribution is -2.26. The number of hydrogen-bond acceptors (Lipinski definition) is 3. The van der Waals surface area contributed by atoms with Crippen molar-refractivity contribution in [1.82, 2.24) is 14.9 Å². The Hall–Kier alpha value is -2.01. The molecular weight excluding hydrogens is 324 g/mol. The highest BCUT2D eigenvalue weighted by molar-refractivity contribution is 6.31. The standard InChI is InChI=1S/C18H23ClN4O/c1-22-13-15(19)11-16(22)18(24)21-12-14-6-7-20-17(10-14)23-8-4-2-3-5-9-23/h6-7,10-11,13H,2-5,8-9,12H2,1H3,(H,21,24). The van der Waals surface area contributed by atoms with Crippen molar-refractivity contribution in [3.8, 4) is 0 Å². The Bertz CT molecular complexity index is 705. The molecule has 5 nitrogen and oxygen atoms in total. The summed E-state index contributed by atoms with van der Waals surface area (Å²) in [6, 6.07) is 5.69. The number of pyridine rings is 1.